The van der Waals surface area contributed by atoms with E-state index in [0.29, 0.717) is 34.9 Å². The number of Topliss-reactive ketones (excluding diaryl/α,β-unsaturated/α-hetero) is 1. The second-order valence-corrected chi connectivity index (χ2v) is 10.1. The lowest BCUT2D eigenvalue weighted by molar-refractivity contribution is 0.0686. The molecule has 6 rings (SSSR count). The van der Waals surface area contributed by atoms with Gasteiger partial charge in [-0.05, 0) is 54.1 Å². The molecule has 43 heavy (non-hydrogen) atoms. The molecule has 6 aromatic rings. The molecule has 1 amide bonds. The third-order valence-corrected chi connectivity index (χ3v) is 7.19. The summed E-state index contributed by atoms with van der Waals surface area (Å²) in [6.45, 7) is 0.613. The summed E-state index contributed by atoms with van der Waals surface area (Å²) in [5, 5.41) is 2.05. The zero-order valence-electron chi connectivity index (χ0n) is 23.4. The van der Waals surface area contributed by atoms with Crippen molar-refractivity contribution in [3.05, 3.63) is 138 Å². The number of nitrogen functional groups attached to an aromatic ring is 1. The van der Waals surface area contributed by atoms with Crippen LogP contribution in [-0.4, -0.2) is 36.3 Å². The van der Waals surface area contributed by atoms with Crippen LogP contribution in [0.25, 0.3) is 21.9 Å². The smallest absolute Gasteiger partial charge is 0.254 e. The Balaban J connectivity index is 1.14. The van der Waals surface area contributed by atoms with Crippen LogP contribution in [0.1, 0.15) is 26.3 Å². The van der Waals surface area contributed by atoms with Gasteiger partial charge in [0.2, 0.25) is 0 Å². The zero-order chi connectivity index (χ0) is 29.6. The Hall–Kier alpha value is -5.56. The van der Waals surface area contributed by atoms with Crippen LogP contribution in [0.2, 0.25) is 0 Å². The summed E-state index contributed by atoms with van der Waals surface area (Å²) in [6.07, 6.45) is 0. The molecule has 0 aliphatic heterocycles. The number of amides is 1. The van der Waals surface area contributed by atoms with Gasteiger partial charge in [-0.3, -0.25) is 9.59 Å². The van der Waals surface area contributed by atoms with E-state index < -0.39 is 0 Å². The molecule has 0 spiro atoms. The number of ether oxygens (including phenoxy) is 2. The molecule has 0 bridgehead atoms. The molecule has 0 atom stereocenters. The molecule has 2 N–H and O–H groups in total. The molecule has 0 aliphatic rings. The maximum Gasteiger partial charge on any atom is 0.254 e. The fourth-order valence-corrected chi connectivity index (χ4v) is 4.94. The van der Waals surface area contributed by atoms with Gasteiger partial charge in [-0.15, -0.1) is 0 Å². The second-order valence-electron chi connectivity index (χ2n) is 10.1. The molecule has 214 valence electrons. The first-order chi connectivity index (χ1) is 21.0. The monoisotopic (exact) mass is 570 g/mol. The zero-order valence-corrected chi connectivity index (χ0v) is 23.4. The third kappa shape index (κ3) is 6.36. The van der Waals surface area contributed by atoms with Gasteiger partial charge in [0, 0.05) is 28.0 Å². The highest BCUT2D eigenvalue weighted by molar-refractivity contribution is 6.05. The van der Waals surface area contributed by atoms with Crippen molar-refractivity contribution < 1.29 is 23.5 Å². The molecule has 0 fully saturated rings. The summed E-state index contributed by atoms with van der Waals surface area (Å²) < 4.78 is 17.8. The minimum atomic E-state index is -0.263. The Labute approximate surface area is 249 Å². The quantitative estimate of drug-likeness (QED) is 0.131. The summed E-state index contributed by atoms with van der Waals surface area (Å²) >= 11 is 0. The molecule has 0 saturated heterocycles. The lowest BCUT2D eigenvalue weighted by Gasteiger charge is -2.22. The summed E-state index contributed by atoms with van der Waals surface area (Å²) in [6, 6.07) is 37.1. The van der Waals surface area contributed by atoms with Crippen molar-refractivity contribution in [3.8, 4) is 11.5 Å². The van der Waals surface area contributed by atoms with Gasteiger partial charge in [0.25, 0.3) is 5.91 Å². The number of carbonyl (C=O) groups is 2. The van der Waals surface area contributed by atoms with Crippen LogP contribution < -0.4 is 15.2 Å². The van der Waals surface area contributed by atoms with E-state index in [1.54, 1.807) is 42.5 Å². The number of anilines is 1. The minimum absolute atomic E-state index is 0.136. The van der Waals surface area contributed by atoms with Crippen LogP contribution in [0.3, 0.4) is 0 Å². The van der Waals surface area contributed by atoms with E-state index in [1.807, 2.05) is 78.9 Å². The van der Waals surface area contributed by atoms with Gasteiger partial charge in [0.05, 0.1) is 18.8 Å². The van der Waals surface area contributed by atoms with Crippen LogP contribution in [0, 0.1) is 0 Å². The van der Waals surface area contributed by atoms with Gasteiger partial charge < -0.3 is 24.5 Å². The van der Waals surface area contributed by atoms with Gasteiger partial charge in [-0.2, -0.15) is 0 Å². The van der Waals surface area contributed by atoms with Gasteiger partial charge in [-0.1, -0.05) is 66.7 Å². The molecular formula is C36H30N2O5. The summed E-state index contributed by atoms with van der Waals surface area (Å²) in [5.74, 6) is 0.603. The van der Waals surface area contributed by atoms with Crippen molar-refractivity contribution in [1.82, 2.24) is 4.90 Å². The molecule has 0 unspecified atom stereocenters. The fourth-order valence-electron chi connectivity index (χ4n) is 4.94. The number of furan rings is 1. The number of fused-ring (bicyclic) bond motifs is 3. The maximum absolute atomic E-state index is 13.4. The maximum atomic E-state index is 13.4. The largest absolute Gasteiger partial charge is 0.492 e. The fraction of sp³-hybridized carbons (Fsp3) is 0.111. The number of rotatable bonds is 11. The standard InChI is InChI=1S/C36H30N2O5/c37-31-21-27(15-18-34(31)42-24-25-9-3-1-4-10-25)32(39)23-38(36(40)26-11-5-2-6-12-26)19-20-41-28-16-17-30-29-13-7-8-14-33(29)43-35(30)22-28/h1-18,21-22H,19-20,23-24,37H2. The van der Waals surface area contributed by atoms with E-state index in [-0.39, 0.29) is 31.4 Å². The van der Waals surface area contributed by atoms with E-state index in [2.05, 4.69) is 0 Å². The van der Waals surface area contributed by atoms with Crippen LogP contribution in [0.4, 0.5) is 5.69 Å². The number of hydrogen-bond acceptors (Lipinski definition) is 6. The highest BCUT2D eigenvalue weighted by Gasteiger charge is 2.21. The molecule has 0 radical (unpaired) electrons. The van der Waals surface area contributed by atoms with Crippen LogP contribution in [0.5, 0.6) is 11.5 Å². The van der Waals surface area contributed by atoms with E-state index >= 15 is 0 Å². The van der Waals surface area contributed by atoms with Crippen molar-refractivity contribution in [2.24, 2.45) is 0 Å². The van der Waals surface area contributed by atoms with E-state index in [9.17, 15) is 9.59 Å². The summed E-state index contributed by atoms with van der Waals surface area (Å²) in [4.78, 5) is 28.3. The first-order valence-corrected chi connectivity index (χ1v) is 14.0. The average Bonchev–Trinajstić information content (AvgIpc) is 3.42. The Bertz CT molecular complexity index is 1880. The molecule has 7 nitrogen and oxygen atoms in total. The Morgan fingerprint density at radius 1 is 0.698 bits per heavy atom. The predicted octanol–water partition coefficient (Wildman–Crippen LogP) is 7.15. The SMILES string of the molecule is Nc1cc(C(=O)CN(CCOc2ccc3c(c2)oc2ccccc23)C(=O)c2ccccc2)ccc1OCc1ccccc1. The van der Waals surface area contributed by atoms with Crippen molar-refractivity contribution >= 4 is 39.3 Å². The molecule has 7 heteroatoms. The lowest BCUT2D eigenvalue weighted by Crippen LogP contribution is -2.38. The average molecular weight is 571 g/mol. The molecule has 0 saturated carbocycles. The van der Waals surface area contributed by atoms with Gasteiger partial charge >= 0.3 is 0 Å². The van der Waals surface area contributed by atoms with Gasteiger partial charge in [-0.25, -0.2) is 0 Å². The van der Waals surface area contributed by atoms with Crippen LogP contribution >= 0.6 is 0 Å². The Kier molecular flexibility index (Phi) is 8.04. The van der Waals surface area contributed by atoms with Gasteiger partial charge in [0.15, 0.2) is 5.78 Å². The normalized spacial score (nSPS) is 11.0. The summed E-state index contributed by atoms with van der Waals surface area (Å²) in [5.41, 5.74) is 10.0. The first kappa shape index (κ1) is 27.6. The number of nitrogens with zero attached hydrogens (tertiary/aromatic N) is 1. The minimum Gasteiger partial charge on any atom is -0.492 e. The van der Waals surface area contributed by atoms with Crippen molar-refractivity contribution in [2.75, 3.05) is 25.4 Å². The number of hydrogen-bond donors (Lipinski definition) is 1. The molecule has 1 aromatic heterocycles. The second kappa shape index (κ2) is 12.5. The number of nitrogens with two attached hydrogens (primary N) is 1. The van der Waals surface area contributed by atoms with E-state index in [4.69, 9.17) is 19.6 Å². The van der Waals surface area contributed by atoms with Gasteiger partial charge in [0.1, 0.15) is 35.9 Å². The van der Waals surface area contributed by atoms with Crippen molar-refractivity contribution in [1.29, 1.82) is 0 Å². The Morgan fingerprint density at radius 3 is 2.21 bits per heavy atom. The molecular weight excluding hydrogens is 540 g/mol. The Morgan fingerprint density at radius 2 is 1.42 bits per heavy atom. The predicted molar refractivity (Wildman–Crippen MR) is 168 cm³/mol. The van der Waals surface area contributed by atoms with Crippen molar-refractivity contribution in [3.63, 3.8) is 0 Å². The number of para-hydroxylation sites is 1. The molecule has 1 heterocycles. The van der Waals surface area contributed by atoms with Crippen molar-refractivity contribution in [2.45, 2.75) is 6.61 Å². The lowest BCUT2D eigenvalue weighted by atomic mass is 10.1. The number of benzene rings is 5. The number of ketones is 1. The first-order valence-electron chi connectivity index (χ1n) is 14.0. The topological polar surface area (TPSA) is 95.0 Å². The van der Waals surface area contributed by atoms with Crippen LogP contribution in [-0.2, 0) is 6.61 Å². The third-order valence-electron chi connectivity index (χ3n) is 7.19. The van der Waals surface area contributed by atoms with Crippen LogP contribution in [0.15, 0.2) is 126 Å². The molecule has 0 aliphatic carbocycles. The highest BCUT2D eigenvalue weighted by atomic mass is 16.5. The van der Waals surface area contributed by atoms with E-state index in [1.165, 1.54) is 4.90 Å². The number of carbonyl (C=O) groups excluding carboxylic acids is 2. The highest BCUT2D eigenvalue weighted by Crippen LogP contribution is 2.31. The molecule has 5 aromatic carbocycles. The van der Waals surface area contributed by atoms with E-state index in [0.717, 1.165) is 27.5 Å². The summed E-state index contributed by atoms with van der Waals surface area (Å²) in [7, 11) is 0.